The van der Waals surface area contributed by atoms with Gasteiger partial charge >= 0.3 is 0 Å². The van der Waals surface area contributed by atoms with Gasteiger partial charge in [0.2, 0.25) is 0 Å². The zero-order valence-corrected chi connectivity index (χ0v) is 15.7. The average Bonchev–Trinajstić information content (AvgIpc) is 2.67. The highest BCUT2D eigenvalue weighted by Gasteiger charge is 2.16. The third kappa shape index (κ3) is 5.06. The van der Waals surface area contributed by atoms with Crippen LogP contribution in [0.25, 0.3) is 0 Å². The minimum atomic E-state index is -3.85. The molecule has 3 aromatic rings. The van der Waals surface area contributed by atoms with Crippen molar-refractivity contribution < 1.29 is 13.2 Å². The topological polar surface area (TPSA) is 88.2 Å². The summed E-state index contributed by atoms with van der Waals surface area (Å²) in [7, 11) is -3.85. The van der Waals surface area contributed by atoms with Gasteiger partial charge in [-0.15, -0.1) is 0 Å². The first-order valence-electron chi connectivity index (χ1n) is 7.99. The minimum Gasteiger partial charge on any atom is -0.348 e. The van der Waals surface area contributed by atoms with Gasteiger partial charge < -0.3 is 5.32 Å². The first kappa shape index (κ1) is 18.9. The van der Waals surface area contributed by atoms with Gasteiger partial charge in [0, 0.05) is 29.5 Å². The fourth-order valence-corrected chi connectivity index (χ4v) is 3.64. The Labute approximate surface area is 162 Å². The lowest BCUT2D eigenvalue weighted by atomic mass is 10.2. The second-order valence-electron chi connectivity index (χ2n) is 5.68. The van der Waals surface area contributed by atoms with Gasteiger partial charge in [-0.2, -0.15) is 0 Å². The molecule has 0 bridgehead atoms. The molecule has 0 aliphatic heterocycles. The van der Waals surface area contributed by atoms with Crippen molar-refractivity contribution in [3.63, 3.8) is 0 Å². The lowest BCUT2D eigenvalue weighted by Gasteiger charge is -2.10. The molecule has 2 N–H and O–H groups in total. The van der Waals surface area contributed by atoms with E-state index >= 15 is 0 Å². The molecule has 0 radical (unpaired) electrons. The Kier molecular flexibility index (Phi) is 5.73. The van der Waals surface area contributed by atoms with Crippen LogP contribution in [-0.2, 0) is 16.6 Å². The highest BCUT2D eigenvalue weighted by molar-refractivity contribution is 7.92. The first-order valence-corrected chi connectivity index (χ1v) is 9.86. The van der Waals surface area contributed by atoms with Gasteiger partial charge in [0.05, 0.1) is 10.6 Å². The van der Waals surface area contributed by atoms with E-state index in [9.17, 15) is 13.2 Å². The number of carbonyl (C=O) groups is 1. The van der Waals surface area contributed by atoms with Crippen molar-refractivity contribution in [2.75, 3.05) is 4.72 Å². The Balaban J connectivity index is 1.75. The van der Waals surface area contributed by atoms with Crippen molar-refractivity contribution in [3.8, 4) is 0 Å². The molecule has 0 fully saturated rings. The molecule has 0 unspecified atom stereocenters. The summed E-state index contributed by atoms with van der Waals surface area (Å²) in [6, 6.07) is 15.8. The molecular weight excluding hydrogens is 386 g/mol. The first-order chi connectivity index (χ1) is 12.9. The van der Waals surface area contributed by atoms with E-state index in [0.29, 0.717) is 17.3 Å². The smallest absolute Gasteiger partial charge is 0.261 e. The van der Waals surface area contributed by atoms with E-state index in [0.717, 1.165) is 5.56 Å². The van der Waals surface area contributed by atoms with E-state index in [1.165, 1.54) is 24.3 Å². The molecule has 1 amide bonds. The lowest BCUT2D eigenvalue weighted by molar-refractivity contribution is 0.0950. The van der Waals surface area contributed by atoms with Crippen molar-refractivity contribution >= 4 is 33.2 Å². The predicted octanol–water partition coefficient (Wildman–Crippen LogP) is 3.47. The number of anilines is 1. The summed E-state index contributed by atoms with van der Waals surface area (Å²) in [6.45, 7) is 0.319. The van der Waals surface area contributed by atoms with Gasteiger partial charge in [0.1, 0.15) is 0 Å². The predicted molar refractivity (Wildman–Crippen MR) is 104 cm³/mol. The quantitative estimate of drug-likeness (QED) is 0.662. The summed E-state index contributed by atoms with van der Waals surface area (Å²) in [5.74, 6) is -0.369. The van der Waals surface area contributed by atoms with Crippen LogP contribution in [0.5, 0.6) is 0 Å². The van der Waals surface area contributed by atoms with Crippen LogP contribution in [0, 0.1) is 0 Å². The standard InChI is InChI=1S/C19H16ClN3O3S/c20-16-4-2-5-17(12-16)23-27(25,26)18-6-1-3-15(11-18)19(24)22-13-14-7-9-21-10-8-14/h1-12,23H,13H2,(H,22,24). The van der Waals surface area contributed by atoms with Gasteiger partial charge in [-0.25, -0.2) is 8.42 Å². The van der Waals surface area contributed by atoms with Crippen molar-refractivity contribution in [3.05, 3.63) is 89.2 Å². The van der Waals surface area contributed by atoms with E-state index in [4.69, 9.17) is 11.6 Å². The van der Waals surface area contributed by atoms with E-state index < -0.39 is 10.0 Å². The van der Waals surface area contributed by atoms with Crippen molar-refractivity contribution in [1.29, 1.82) is 0 Å². The highest BCUT2D eigenvalue weighted by atomic mass is 35.5. The third-order valence-corrected chi connectivity index (χ3v) is 5.30. The van der Waals surface area contributed by atoms with Crippen molar-refractivity contribution in [1.82, 2.24) is 10.3 Å². The molecule has 2 aromatic carbocycles. The average molecular weight is 402 g/mol. The van der Waals surface area contributed by atoms with Gasteiger partial charge in [0.25, 0.3) is 15.9 Å². The lowest BCUT2D eigenvalue weighted by Crippen LogP contribution is -2.23. The van der Waals surface area contributed by atoms with Gasteiger partial charge in [-0.05, 0) is 54.1 Å². The number of carbonyl (C=O) groups excluding carboxylic acids is 1. The van der Waals surface area contributed by atoms with Crippen molar-refractivity contribution in [2.24, 2.45) is 0 Å². The summed E-state index contributed by atoms with van der Waals surface area (Å²) in [5.41, 5.74) is 1.48. The molecule has 27 heavy (non-hydrogen) atoms. The van der Waals surface area contributed by atoms with Crippen LogP contribution in [0.15, 0.2) is 78.0 Å². The summed E-state index contributed by atoms with van der Waals surface area (Å²) >= 11 is 5.88. The monoisotopic (exact) mass is 401 g/mol. The Morgan fingerprint density at radius 3 is 2.48 bits per heavy atom. The molecule has 0 aliphatic rings. The maximum absolute atomic E-state index is 12.6. The van der Waals surface area contributed by atoms with Crippen LogP contribution in [0.4, 0.5) is 5.69 Å². The second kappa shape index (κ2) is 8.20. The number of aromatic nitrogens is 1. The number of rotatable bonds is 6. The molecule has 138 valence electrons. The molecule has 0 saturated carbocycles. The number of hydrogen-bond acceptors (Lipinski definition) is 4. The normalized spacial score (nSPS) is 11.0. The number of hydrogen-bond donors (Lipinski definition) is 2. The van der Waals surface area contributed by atoms with E-state index in [2.05, 4.69) is 15.0 Å². The number of nitrogens with one attached hydrogen (secondary N) is 2. The Morgan fingerprint density at radius 2 is 1.74 bits per heavy atom. The summed E-state index contributed by atoms with van der Waals surface area (Å²) in [4.78, 5) is 16.2. The Hall–Kier alpha value is -2.90. The van der Waals surface area contributed by atoms with Crippen LogP contribution in [0.2, 0.25) is 5.02 Å². The molecule has 3 rings (SSSR count). The van der Waals surface area contributed by atoms with Crippen molar-refractivity contribution in [2.45, 2.75) is 11.4 Å². The molecule has 0 aliphatic carbocycles. The summed E-state index contributed by atoms with van der Waals surface area (Å²) in [5, 5.41) is 3.17. The van der Waals surface area contributed by atoms with Crippen LogP contribution in [0.3, 0.4) is 0 Å². The maximum Gasteiger partial charge on any atom is 0.261 e. The third-order valence-electron chi connectivity index (χ3n) is 3.69. The van der Waals surface area contributed by atoms with E-state index in [1.54, 1.807) is 48.8 Å². The number of benzene rings is 2. The molecule has 1 heterocycles. The van der Waals surface area contributed by atoms with Gasteiger partial charge in [-0.1, -0.05) is 23.7 Å². The molecule has 0 saturated heterocycles. The molecular formula is C19H16ClN3O3S. The molecule has 6 nitrogen and oxygen atoms in total. The number of pyridine rings is 1. The van der Waals surface area contributed by atoms with Gasteiger partial charge in [0.15, 0.2) is 0 Å². The highest BCUT2D eigenvalue weighted by Crippen LogP contribution is 2.20. The molecule has 0 atom stereocenters. The minimum absolute atomic E-state index is 0.0148. The largest absolute Gasteiger partial charge is 0.348 e. The fourth-order valence-electron chi connectivity index (χ4n) is 2.36. The zero-order chi connectivity index (χ0) is 19.3. The zero-order valence-electron chi connectivity index (χ0n) is 14.1. The maximum atomic E-state index is 12.6. The fraction of sp³-hybridized carbons (Fsp3) is 0.0526. The number of amides is 1. The van der Waals surface area contributed by atoms with Crippen LogP contribution < -0.4 is 10.0 Å². The van der Waals surface area contributed by atoms with E-state index in [-0.39, 0.29) is 16.4 Å². The molecule has 8 heteroatoms. The van der Waals surface area contributed by atoms with Crippen LogP contribution in [-0.4, -0.2) is 19.3 Å². The van der Waals surface area contributed by atoms with E-state index in [1.807, 2.05) is 0 Å². The summed E-state index contributed by atoms with van der Waals surface area (Å²) < 4.78 is 27.6. The Bertz CT molecular complexity index is 1060. The van der Waals surface area contributed by atoms with Gasteiger partial charge in [-0.3, -0.25) is 14.5 Å². The summed E-state index contributed by atoms with van der Waals surface area (Å²) in [6.07, 6.45) is 3.27. The SMILES string of the molecule is O=C(NCc1ccncc1)c1cccc(S(=O)(=O)Nc2cccc(Cl)c2)c1. The number of sulfonamides is 1. The number of halogens is 1. The number of nitrogens with zero attached hydrogens (tertiary/aromatic N) is 1. The van der Waals surface area contributed by atoms with Crippen LogP contribution in [0.1, 0.15) is 15.9 Å². The van der Waals surface area contributed by atoms with Crippen LogP contribution >= 0.6 is 11.6 Å². The Morgan fingerprint density at radius 1 is 1.00 bits per heavy atom. The molecule has 0 spiro atoms. The second-order valence-corrected chi connectivity index (χ2v) is 7.80. The molecule has 1 aromatic heterocycles.